The van der Waals surface area contributed by atoms with Gasteiger partial charge in [-0.15, -0.1) is 0 Å². The quantitative estimate of drug-likeness (QED) is 0.693. The van der Waals surface area contributed by atoms with Crippen molar-refractivity contribution in [1.29, 1.82) is 0 Å². The van der Waals surface area contributed by atoms with Crippen LogP contribution in [-0.2, 0) is 19.3 Å². The van der Waals surface area contributed by atoms with Gasteiger partial charge in [-0.3, -0.25) is 0 Å². The number of benzene rings is 1. The Labute approximate surface area is 88.5 Å². The molecule has 0 N–H and O–H groups in total. The van der Waals surface area contributed by atoms with E-state index in [2.05, 4.69) is 34.1 Å². The molecule has 0 radical (unpaired) electrons. The third-order valence-electron chi connectivity index (χ3n) is 2.80. The fourth-order valence-corrected chi connectivity index (χ4v) is 2.51. The first kappa shape index (κ1) is 9.26. The number of halogens is 1. The zero-order valence-electron chi connectivity index (χ0n) is 7.85. The fourth-order valence-electron chi connectivity index (χ4n) is 2.05. The number of alkyl halides is 1. The average Bonchev–Trinajstić information content (AvgIpc) is 2.18. The molecule has 0 bridgehead atoms. The Morgan fingerprint density at radius 2 is 1.85 bits per heavy atom. The van der Waals surface area contributed by atoms with Gasteiger partial charge in [0.25, 0.3) is 0 Å². The molecule has 1 aliphatic carbocycles. The molecule has 0 nitrogen and oxygen atoms in total. The lowest BCUT2D eigenvalue weighted by Gasteiger charge is -2.16. The van der Waals surface area contributed by atoms with Crippen LogP contribution in [0.1, 0.15) is 29.5 Å². The Morgan fingerprint density at radius 1 is 1.08 bits per heavy atom. The van der Waals surface area contributed by atoms with E-state index in [9.17, 15) is 0 Å². The first-order valence-electron chi connectivity index (χ1n) is 5.07. The van der Waals surface area contributed by atoms with Gasteiger partial charge in [0.05, 0.1) is 0 Å². The van der Waals surface area contributed by atoms with Gasteiger partial charge in [0, 0.05) is 5.33 Å². The van der Waals surface area contributed by atoms with Crippen molar-refractivity contribution in [3.63, 3.8) is 0 Å². The van der Waals surface area contributed by atoms with E-state index in [-0.39, 0.29) is 0 Å². The Hall–Kier alpha value is -0.300. The second kappa shape index (κ2) is 4.28. The van der Waals surface area contributed by atoms with E-state index < -0.39 is 0 Å². The van der Waals surface area contributed by atoms with Crippen LogP contribution in [0.4, 0.5) is 0 Å². The molecule has 0 saturated heterocycles. The molecule has 1 heteroatoms. The van der Waals surface area contributed by atoms with Crippen LogP contribution < -0.4 is 0 Å². The molecule has 13 heavy (non-hydrogen) atoms. The Bertz CT molecular complexity index is 291. The molecule has 1 aliphatic rings. The van der Waals surface area contributed by atoms with E-state index in [0.29, 0.717) is 0 Å². The molecule has 0 spiro atoms. The van der Waals surface area contributed by atoms with Gasteiger partial charge in [0.15, 0.2) is 0 Å². The van der Waals surface area contributed by atoms with Gasteiger partial charge < -0.3 is 0 Å². The van der Waals surface area contributed by atoms with Crippen molar-refractivity contribution in [2.45, 2.75) is 32.1 Å². The van der Waals surface area contributed by atoms with E-state index >= 15 is 0 Å². The SMILES string of the molecule is BrCCc1ccc2c(c1)CCCC2. The third kappa shape index (κ3) is 2.14. The van der Waals surface area contributed by atoms with Crippen molar-refractivity contribution >= 4 is 15.9 Å². The largest absolute Gasteiger partial charge is 0.0924 e. The van der Waals surface area contributed by atoms with Crippen LogP contribution in [-0.4, -0.2) is 5.33 Å². The standard InChI is InChI=1S/C12H15Br/c13-8-7-10-5-6-11-3-1-2-4-12(11)9-10/h5-6,9H,1-4,7-8H2. The summed E-state index contributed by atoms with van der Waals surface area (Å²) in [4.78, 5) is 0. The highest BCUT2D eigenvalue weighted by molar-refractivity contribution is 9.09. The molecule has 1 aromatic carbocycles. The Morgan fingerprint density at radius 3 is 2.62 bits per heavy atom. The van der Waals surface area contributed by atoms with Crippen molar-refractivity contribution < 1.29 is 0 Å². The number of fused-ring (bicyclic) bond motifs is 1. The normalized spacial score (nSPS) is 15.5. The van der Waals surface area contributed by atoms with E-state index in [1.807, 2.05) is 0 Å². The molecule has 0 heterocycles. The summed E-state index contributed by atoms with van der Waals surface area (Å²) in [5.74, 6) is 0. The highest BCUT2D eigenvalue weighted by Crippen LogP contribution is 2.22. The predicted molar refractivity (Wildman–Crippen MR) is 60.6 cm³/mol. The van der Waals surface area contributed by atoms with Crippen LogP contribution in [0.3, 0.4) is 0 Å². The maximum Gasteiger partial charge on any atom is 0.00718 e. The molecule has 0 aromatic heterocycles. The number of hydrogen-bond donors (Lipinski definition) is 0. The second-order valence-electron chi connectivity index (χ2n) is 3.75. The van der Waals surface area contributed by atoms with E-state index in [1.165, 1.54) is 31.2 Å². The third-order valence-corrected chi connectivity index (χ3v) is 3.19. The summed E-state index contributed by atoms with van der Waals surface area (Å²) in [6.07, 6.45) is 6.51. The summed E-state index contributed by atoms with van der Waals surface area (Å²) in [5, 5.41) is 1.08. The maximum atomic E-state index is 3.48. The van der Waals surface area contributed by atoms with Crippen LogP contribution in [0.15, 0.2) is 18.2 Å². The van der Waals surface area contributed by atoms with E-state index in [0.717, 1.165) is 11.8 Å². The van der Waals surface area contributed by atoms with Crippen molar-refractivity contribution in [3.05, 3.63) is 34.9 Å². The van der Waals surface area contributed by atoms with Gasteiger partial charge in [-0.1, -0.05) is 34.1 Å². The molecule has 70 valence electrons. The van der Waals surface area contributed by atoms with Crippen LogP contribution >= 0.6 is 15.9 Å². The van der Waals surface area contributed by atoms with Gasteiger partial charge >= 0.3 is 0 Å². The molecule has 0 unspecified atom stereocenters. The molecule has 0 fully saturated rings. The molecular weight excluding hydrogens is 224 g/mol. The lowest BCUT2D eigenvalue weighted by Crippen LogP contribution is -2.03. The zero-order chi connectivity index (χ0) is 9.10. The molecule has 0 saturated carbocycles. The van der Waals surface area contributed by atoms with Crippen molar-refractivity contribution in [2.24, 2.45) is 0 Å². The van der Waals surface area contributed by atoms with Crippen LogP contribution in [0, 0.1) is 0 Å². The highest BCUT2D eigenvalue weighted by Gasteiger charge is 2.08. The summed E-state index contributed by atoms with van der Waals surface area (Å²) in [6, 6.07) is 7.01. The topological polar surface area (TPSA) is 0 Å². The molecular formula is C12H15Br. The number of rotatable bonds is 2. The Kier molecular flexibility index (Phi) is 3.05. The summed E-state index contributed by atoms with van der Waals surface area (Å²) >= 11 is 3.48. The minimum absolute atomic E-state index is 1.08. The summed E-state index contributed by atoms with van der Waals surface area (Å²) in [5.41, 5.74) is 4.67. The van der Waals surface area contributed by atoms with Gasteiger partial charge in [0.1, 0.15) is 0 Å². The summed E-state index contributed by atoms with van der Waals surface area (Å²) in [7, 11) is 0. The molecule has 1 aromatic rings. The van der Waals surface area contributed by atoms with Crippen LogP contribution in [0.2, 0.25) is 0 Å². The molecule has 0 atom stereocenters. The van der Waals surface area contributed by atoms with Gasteiger partial charge in [-0.05, 0) is 48.8 Å². The van der Waals surface area contributed by atoms with E-state index in [1.54, 1.807) is 11.1 Å². The summed E-state index contributed by atoms with van der Waals surface area (Å²) < 4.78 is 0. The maximum absolute atomic E-state index is 3.48. The average molecular weight is 239 g/mol. The highest BCUT2D eigenvalue weighted by atomic mass is 79.9. The number of hydrogen-bond acceptors (Lipinski definition) is 0. The predicted octanol–water partition coefficient (Wildman–Crippen LogP) is 3.50. The van der Waals surface area contributed by atoms with Crippen molar-refractivity contribution in [1.82, 2.24) is 0 Å². The van der Waals surface area contributed by atoms with E-state index in [4.69, 9.17) is 0 Å². The fraction of sp³-hybridized carbons (Fsp3) is 0.500. The van der Waals surface area contributed by atoms with Crippen molar-refractivity contribution in [3.8, 4) is 0 Å². The van der Waals surface area contributed by atoms with Crippen LogP contribution in [0.25, 0.3) is 0 Å². The Balaban J connectivity index is 2.24. The summed E-state index contributed by atoms with van der Waals surface area (Å²) in [6.45, 7) is 0. The minimum Gasteiger partial charge on any atom is -0.0924 e. The molecule has 0 amide bonds. The molecule has 2 rings (SSSR count). The first-order chi connectivity index (χ1) is 6.40. The minimum atomic E-state index is 1.08. The monoisotopic (exact) mass is 238 g/mol. The zero-order valence-corrected chi connectivity index (χ0v) is 9.44. The lowest BCUT2D eigenvalue weighted by atomic mass is 9.90. The molecule has 0 aliphatic heterocycles. The first-order valence-corrected chi connectivity index (χ1v) is 6.19. The van der Waals surface area contributed by atoms with Gasteiger partial charge in [-0.2, -0.15) is 0 Å². The van der Waals surface area contributed by atoms with Crippen molar-refractivity contribution in [2.75, 3.05) is 5.33 Å². The lowest BCUT2D eigenvalue weighted by molar-refractivity contribution is 0.684. The smallest absolute Gasteiger partial charge is 0.00718 e. The van der Waals surface area contributed by atoms with Gasteiger partial charge in [0.2, 0.25) is 0 Å². The van der Waals surface area contributed by atoms with Gasteiger partial charge in [-0.25, -0.2) is 0 Å². The van der Waals surface area contributed by atoms with Crippen LogP contribution in [0.5, 0.6) is 0 Å². The number of aryl methyl sites for hydroxylation is 3. The second-order valence-corrected chi connectivity index (χ2v) is 4.54.